The molecule has 0 radical (unpaired) electrons. The van der Waals surface area contributed by atoms with Gasteiger partial charge in [0.1, 0.15) is 0 Å². The van der Waals surface area contributed by atoms with E-state index in [9.17, 15) is 8.42 Å². The lowest BCUT2D eigenvalue weighted by atomic mass is 10.1. The second-order valence-electron chi connectivity index (χ2n) is 6.97. The summed E-state index contributed by atoms with van der Waals surface area (Å²) in [4.78, 5) is 7.33. The van der Waals surface area contributed by atoms with Gasteiger partial charge in [0.2, 0.25) is 10.0 Å². The number of aliphatic imine (C=N–C) groups is 1. The molecule has 0 aromatic heterocycles. The molecule has 9 heteroatoms. The molecule has 29 heavy (non-hydrogen) atoms. The zero-order chi connectivity index (χ0) is 20.2. The van der Waals surface area contributed by atoms with Crippen LogP contribution in [-0.2, 0) is 10.0 Å². The summed E-state index contributed by atoms with van der Waals surface area (Å²) in [7, 11) is -3.12. The number of halogens is 1. The molecule has 0 spiro atoms. The average Bonchev–Trinajstić information content (AvgIpc) is 3.23. The summed E-state index contributed by atoms with van der Waals surface area (Å²) >= 11 is 0. The Morgan fingerprint density at radius 1 is 1.10 bits per heavy atom. The smallest absolute Gasteiger partial charge is 0.211 e. The van der Waals surface area contributed by atoms with Crippen molar-refractivity contribution in [2.24, 2.45) is 4.99 Å². The van der Waals surface area contributed by atoms with Gasteiger partial charge < -0.3 is 10.6 Å². The van der Waals surface area contributed by atoms with Crippen LogP contribution in [0.1, 0.15) is 44.7 Å². The Morgan fingerprint density at radius 3 is 2.41 bits per heavy atom. The molecule has 0 bridgehead atoms. The van der Waals surface area contributed by atoms with E-state index in [0.717, 1.165) is 25.6 Å². The van der Waals surface area contributed by atoms with E-state index in [1.165, 1.54) is 18.4 Å². The van der Waals surface area contributed by atoms with Crippen LogP contribution in [0.5, 0.6) is 0 Å². The first-order valence-electron chi connectivity index (χ1n) is 10.3. The van der Waals surface area contributed by atoms with Crippen LogP contribution in [0.2, 0.25) is 0 Å². The number of hydrogen-bond donors (Lipinski definition) is 3. The van der Waals surface area contributed by atoms with Gasteiger partial charge in [-0.25, -0.2) is 13.1 Å². The molecule has 7 nitrogen and oxygen atoms in total. The summed E-state index contributed by atoms with van der Waals surface area (Å²) in [5.74, 6) is 0.892. The van der Waals surface area contributed by atoms with Gasteiger partial charge >= 0.3 is 0 Å². The van der Waals surface area contributed by atoms with Crippen molar-refractivity contribution < 1.29 is 8.42 Å². The Bertz CT molecular complexity index is 694. The van der Waals surface area contributed by atoms with E-state index >= 15 is 0 Å². The van der Waals surface area contributed by atoms with Crippen LogP contribution < -0.4 is 15.4 Å². The van der Waals surface area contributed by atoms with Crippen LogP contribution in [0.4, 0.5) is 0 Å². The van der Waals surface area contributed by atoms with Crippen molar-refractivity contribution in [3.8, 4) is 0 Å². The maximum Gasteiger partial charge on any atom is 0.211 e. The van der Waals surface area contributed by atoms with Gasteiger partial charge in [-0.1, -0.05) is 30.3 Å². The lowest BCUT2D eigenvalue weighted by molar-refractivity contribution is 0.251. The standard InChI is InChI=1S/C20H35N5O2S.HI/c1-3-21-20(22-13-10-14-24-28(26,27)4-2)23-17-19(25-15-8-9-16-25)18-11-6-5-7-12-18;/h5-7,11-12,19,24H,3-4,8-10,13-17H2,1-2H3,(H2,21,22,23);1H. The van der Waals surface area contributed by atoms with Crippen molar-refractivity contribution in [3.05, 3.63) is 35.9 Å². The first-order chi connectivity index (χ1) is 13.6. The van der Waals surface area contributed by atoms with Gasteiger partial charge in [0.05, 0.1) is 18.3 Å². The molecular weight excluding hydrogens is 501 g/mol. The largest absolute Gasteiger partial charge is 0.357 e. The monoisotopic (exact) mass is 537 g/mol. The highest BCUT2D eigenvalue weighted by Gasteiger charge is 2.23. The fourth-order valence-electron chi connectivity index (χ4n) is 3.30. The van der Waals surface area contributed by atoms with Crippen molar-refractivity contribution in [1.82, 2.24) is 20.3 Å². The molecule has 1 unspecified atom stereocenters. The SMILES string of the molecule is CCNC(=NCC(c1ccccc1)N1CCCC1)NCCCNS(=O)(=O)CC.I. The molecule has 0 aliphatic carbocycles. The molecule has 3 N–H and O–H groups in total. The number of guanidine groups is 1. The fourth-order valence-corrected chi connectivity index (χ4v) is 3.96. The van der Waals surface area contributed by atoms with Gasteiger partial charge in [0.25, 0.3) is 0 Å². The Kier molecular flexibility index (Phi) is 12.8. The summed E-state index contributed by atoms with van der Waals surface area (Å²) in [5.41, 5.74) is 1.30. The predicted octanol–water partition coefficient (Wildman–Crippen LogP) is 2.33. The Hall–Kier alpha value is -0.910. The highest BCUT2D eigenvalue weighted by atomic mass is 127. The van der Waals surface area contributed by atoms with E-state index in [1.807, 2.05) is 13.0 Å². The second kappa shape index (κ2) is 14.2. The molecule has 1 aliphatic rings. The van der Waals surface area contributed by atoms with Gasteiger partial charge in [0.15, 0.2) is 5.96 Å². The summed E-state index contributed by atoms with van der Waals surface area (Å²) in [5, 5.41) is 6.59. The third kappa shape index (κ3) is 9.63. The Labute approximate surface area is 193 Å². The third-order valence-corrected chi connectivity index (χ3v) is 6.28. The topological polar surface area (TPSA) is 85.8 Å². The minimum absolute atomic E-state index is 0. The Morgan fingerprint density at radius 2 is 1.79 bits per heavy atom. The minimum Gasteiger partial charge on any atom is -0.357 e. The zero-order valence-electron chi connectivity index (χ0n) is 17.6. The van der Waals surface area contributed by atoms with Gasteiger partial charge in [0, 0.05) is 19.6 Å². The van der Waals surface area contributed by atoms with Crippen molar-refractivity contribution in [3.63, 3.8) is 0 Å². The minimum atomic E-state index is -3.12. The summed E-state index contributed by atoms with van der Waals surface area (Å²) < 4.78 is 25.5. The van der Waals surface area contributed by atoms with Crippen molar-refractivity contribution in [1.29, 1.82) is 0 Å². The molecular formula is C20H36IN5O2S. The highest BCUT2D eigenvalue weighted by Crippen LogP contribution is 2.25. The van der Waals surface area contributed by atoms with E-state index < -0.39 is 10.0 Å². The molecule has 1 aliphatic heterocycles. The molecule has 1 atom stereocenters. The number of likely N-dealkylation sites (tertiary alicyclic amines) is 1. The van der Waals surface area contributed by atoms with Gasteiger partial charge in [-0.05, 0) is 51.8 Å². The summed E-state index contributed by atoms with van der Waals surface area (Å²) in [6.45, 7) is 8.51. The Balaban J connectivity index is 0.00000420. The molecule has 2 rings (SSSR count). The number of nitrogens with one attached hydrogen (secondary N) is 3. The van der Waals surface area contributed by atoms with Crippen molar-refractivity contribution in [2.45, 2.75) is 39.2 Å². The lowest BCUT2D eigenvalue weighted by Gasteiger charge is -2.27. The first kappa shape index (κ1) is 26.1. The van der Waals surface area contributed by atoms with E-state index in [-0.39, 0.29) is 35.8 Å². The quantitative estimate of drug-likeness (QED) is 0.175. The van der Waals surface area contributed by atoms with Crippen molar-refractivity contribution in [2.75, 3.05) is 45.0 Å². The number of rotatable bonds is 11. The maximum atomic E-state index is 11.5. The van der Waals surface area contributed by atoms with E-state index in [1.54, 1.807) is 6.92 Å². The van der Waals surface area contributed by atoms with E-state index in [4.69, 9.17) is 4.99 Å². The number of benzene rings is 1. The number of sulfonamides is 1. The summed E-state index contributed by atoms with van der Waals surface area (Å²) in [6.07, 6.45) is 3.20. The average molecular weight is 538 g/mol. The van der Waals surface area contributed by atoms with Gasteiger partial charge in [-0.2, -0.15) is 0 Å². The first-order valence-corrected chi connectivity index (χ1v) is 12.0. The van der Waals surface area contributed by atoms with Crippen LogP contribution in [0.15, 0.2) is 35.3 Å². The zero-order valence-corrected chi connectivity index (χ0v) is 20.7. The molecule has 166 valence electrons. The molecule has 1 fully saturated rings. The molecule has 0 amide bonds. The number of nitrogens with zero attached hydrogens (tertiary/aromatic N) is 2. The normalized spacial score (nSPS) is 16.3. The van der Waals surface area contributed by atoms with Crippen LogP contribution >= 0.6 is 24.0 Å². The number of hydrogen-bond acceptors (Lipinski definition) is 4. The van der Waals surface area contributed by atoms with Gasteiger partial charge in [-0.15, -0.1) is 24.0 Å². The van der Waals surface area contributed by atoms with Crippen LogP contribution in [-0.4, -0.2) is 64.3 Å². The van der Waals surface area contributed by atoms with E-state index in [0.29, 0.717) is 26.1 Å². The van der Waals surface area contributed by atoms with Crippen LogP contribution in [0, 0.1) is 0 Å². The molecule has 0 saturated carbocycles. The highest BCUT2D eigenvalue weighted by molar-refractivity contribution is 14.0. The molecule has 1 aromatic rings. The lowest BCUT2D eigenvalue weighted by Crippen LogP contribution is -2.39. The summed E-state index contributed by atoms with van der Waals surface area (Å²) in [6, 6.07) is 10.9. The van der Waals surface area contributed by atoms with Gasteiger partial charge in [-0.3, -0.25) is 9.89 Å². The predicted molar refractivity (Wildman–Crippen MR) is 131 cm³/mol. The van der Waals surface area contributed by atoms with Crippen LogP contribution in [0.25, 0.3) is 0 Å². The second-order valence-corrected chi connectivity index (χ2v) is 9.06. The van der Waals surface area contributed by atoms with Crippen LogP contribution in [0.3, 0.4) is 0 Å². The fraction of sp³-hybridized carbons (Fsp3) is 0.650. The molecule has 1 aromatic carbocycles. The molecule has 1 heterocycles. The molecule has 1 saturated heterocycles. The van der Waals surface area contributed by atoms with Crippen molar-refractivity contribution >= 4 is 40.0 Å². The maximum absolute atomic E-state index is 11.5. The van der Waals surface area contributed by atoms with E-state index in [2.05, 4.69) is 44.5 Å². The third-order valence-electron chi connectivity index (χ3n) is 4.88.